The second-order valence-corrected chi connectivity index (χ2v) is 8.22. The summed E-state index contributed by atoms with van der Waals surface area (Å²) in [4.78, 5) is 29.5. The molecule has 2 fully saturated rings. The van der Waals surface area contributed by atoms with Crippen LogP contribution in [0.4, 0.5) is 4.39 Å². The lowest BCUT2D eigenvalue weighted by Crippen LogP contribution is -2.42. The van der Waals surface area contributed by atoms with Crippen LogP contribution in [0.2, 0.25) is 5.02 Å². The highest BCUT2D eigenvalue weighted by molar-refractivity contribution is 6.46. The first kappa shape index (κ1) is 23.2. The number of likely N-dealkylation sites (tertiary alicyclic amines) is 1. The topological polar surface area (TPSA) is 79.3 Å². The number of nitrogens with zero attached hydrogens (tertiary/aromatic N) is 2. The molecule has 2 saturated heterocycles. The number of aliphatic hydroxyl groups excluding tert-OH is 1. The third-order valence-corrected chi connectivity index (χ3v) is 6.22. The number of aliphatic hydroxyl groups is 1. The van der Waals surface area contributed by atoms with Crippen LogP contribution in [-0.2, 0) is 14.3 Å². The number of morpholine rings is 1. The van der Waals surface area contributed by atoms with Crippen molar-refractivity contribution in [3.8, 4) is 5.75 Å². The van der Waals surface area contributed by atoms with Crippen LogP contribution in [0, 0.1) is 5.82 Å². The lowest BCUT2D eigenvalue weighted by molar-refractivity contribution is -0.140. The van der Waals surface area contributed by atoms with E-state index in [4.69, 9.17) is 21.1 Å². The summed E-state index contributed by atoms with van der Waals surface area (Å²) in [6.45, 7) is 3.29. The maximum absolute atomic E-state index is 14.8. The monoisotopic (exact) mass is 474 g/mol. The minimum atomic E-state index is -1.06. The maximum atomic E-state index is 14.8. The third-order valence-electron chi connectivity index (χ3n) is 5.93. The number of ketones is 1. The molecule has 9 heteroatoms. The van der Waals surface area contributed by atoms with E-state index in [2.05, 4.69) is 4.90 Å². The van der Waals surface area contributed by atoms with Gasteiger partial charge in [0, 0.05) is 37.3 Å². The van der Waals surface area contributed by atoms with Crippen LogP contribution < -0.4 is 4.74 Å². The van der Waals surface area contributed by atoms with Crippen molar-refractivity contribution in [2.75, 3.05) is 46.5 Å². The first-order valence-electron chi connectivity index (χ1n) is 10.6. The summed E-state index contributed by atoms with van der Waals surface area (Å²) in [7, 11) is 1.46. The van der Waals surface area contributed by atoms with Crippen molar-refractivity contribution < 1.29 is 28.6 Å². The molecule has 0 saturated carbocycles. The number of hydrogen-bond acceptors (Lipinski definition) is 6. The standard InChI is InChI=1S/C24H24ClFN2O5/c1-32-19-7-6-15(14-17(19)25)22(29)20-21(16-4-2-3-5-18(16)26)28(24(31)23(20)30)9-8-27-10-12-33-13-11-27/h2-7,14,21,29H,8-13H2,1H3/b22-20-. The Morgan fingerprint density at radius 2 is 1.91 bits per heavy atom. The first-order chi connectivity index (χ1) is 15.9. The zero-order valence-electron chi connectivity index (χ0n) is 18.1. The zero-order valence-corrected chi connectivity index (χ0v) is 18.8. The first-order valence-corrected chi connectivity index (χ1v) is 11.0. The van der Waals surface area contributed by atoms with E-state index in [0.29, 0.717) is 38.6 Å². The Kier molecular flexibility index (Phi) is 6.97. The summed E-state index contributed by atoms with van der Waals surface area (Å²) in [5.41, 5.74) is 0.196. The molecule has 2 aromatic carbocycles. The van der Waals surface area contributed by atoms with Gasteiger partial charge in [-0.3, -0.25) is 14.5 Å². The van der Waals surface area contributed by atoms with Crippen molar-refractivity contribution in [3.05, 3.63) is 70.0 Å². The van der Waals surface area contributed by atoms with Crippen LogP contribution in [0.25, 0.3) is 5.76 Å². The minimum Gasteiger partial charge on any atom is -0.507 e. The summed E-state index contributed by atoms with van der Waals surface area (Å²) in [5.74, 6) is -2.24. The highest BCUT2D eigenvalue weighted by Gasteiger charge is 2.46. The SMILES string of the molecule is COc1ccc(/C(O)=C2/C(=O)C(=O)N(CCN3CCOCC3)C2c2ccccc2F)cc1Cl. The lowest BCUT2D eigenvalue weighted by atomic mass is 9.95. The molecular formula is C24H24ClFN2O5. The molecule has 4 rings (SSSR count). The zero-order chi connectivity index (χ0) is 23.5. The van der Waals surface area contributed by atoms with Crippen LogP contribution in [-0.4, -0.2) is 73.1 Å². The molecule has 2 heterocycles. The molecule has 174 valence electrons. The molecule has 7 nitrogen and oxygen atoms in total. The smallest absolute Gasteiger partial charge is 0.295 e. The number of methoxy groups -OCH3 is 1. The lowest BCUT2D eigenvalue weighted by Gasteiger charge is -2.31. The molecule has 0 radical (unpaired) electrons. The highest BCUT2D eigenvalue weighted by atomic mass is 35.5. The fraction of sp³-hybridized carbons (Fsp3) is 0.333. The van der Waals surface area contributed by atoms with Gasteiger partial charge in [-0.2, -0.15) is 0 Å². The fourth-order valence-corrected chi connectivity index (χ4v) is 4.43. The Balaban J connectivity index is 1.76. The molecule has 1 atom stereocenters. The molecule has 2 aliphatic heterocycles. The van der Waals surface area contributed by atoms with Gasteiger partial charge in [-0.25, -0.2) is 4.39 Å². The van der Waals surface area contributed by atoms with Crippen LogP contribution in [0.15, 0.2) is 48.0 Å². The van der Waals surface area contributed by atoms with Gasteiger partial charge in [-0.1, -0.05) is 29.8 Å². The van der Waals surface area contributed by atoms with E-state index < -0.39 is 29.3 Å². The number of Topliss-reactive ketones (excluding diaryl/α,β-unsaturated/α-hetero) is 1. The van der Waals surface area contributed by atoms with Gasteiger partial charge in [0.05, 0.1) is 37.0 Å². The quantitative estimate of drug-likeness (QED) is 0.393. The van der Waals surface area contributed by atoms with Gasteiger partial charge in [0.1, 0.15) is 17.3 Å². The molecule has 2 aromatic rings. The van der Waals surface area contributed by atoms with Crippen molar-refractivity contribution in [1.29, 1.82) is 0 Å². The molecule has 0 spiro atoms. The summed E-state index contributed by atoms with van der Waals surface area (Å²) in [6, 6.07) is 9.39. The summed E-state index contributed by atoms with van der Waals surface area (Å²) in [5, 5.41) is 11.3. The average molecular weight is 475 g/mol. The van der Waals surface area contributed by atoms with E-state index in [-0.39, 0.29) is 28.3 Å². The Labute approximate surface area is 195 Å². The number of halogens is 2. The van der Waals surface area contributed by atoms with Gasteiger partial charge in [0.2, 0.25) is 0 Å². The molecule has 0 aliphatic carbocycles. The second-order valence-electron chi connectivity index (χ2n) is 7.82. The van der Waals surface area contributed by atoms with Gasteiger partial charge in [0.15, 0.2) is 0 Å². The number of benzene rings is 2. The van der Waals surface area contributed by atoms with E-state index in [9.17, 15) is 19.1 Å². The van der Waals surface area contributed by atoms with E-state index in [0.717, 1.165) is 0 Å². The Morgan fingerprint density at radius 3 is 2.58 bits per heavy atom. The predicted molar refractivity (Wildman–Crippen MR) is 121 cm³/mol. The van der Waals surface area contributed by atoms with Gasteiger partial charge >= 0.3 is 0 Å². The van der Waals surface area contributed by atoms with Crippen molar-refractivity contribution in [3.63, 3.8) is 0 Å². The molecule has 2 aliphatic rings. The van der Waals surface area contributed by atoms with Gasteiger partial charge in [-0.05, 0) is 24.3 Å². The number of amides is 1. The normalized spacial score (nSPS) is 20.9. The number of hydrogen-bond donors (Lipinski definition) is 1. The average Bonchev–Trinajstić information content (AvgIpc) is 3.08. The molecule has 33 heavy (non-hydrogen) atoms. The Bertz CT molecular complexity index is 1100. The van der Waals surface area contributed by atoms with Crippen LogP contribution in [0.3, 0.4) is 0 Å². The highest BCUT2D eigenvalue weighted by Crippen LogP contribution is 2.41. The fourth-order valence-electron chi connectivity index (χ4n) is 4.17. The molecule has 1 unspecified atom stereocenters. The van der Waals surface area contributed by atoms with E-state index >= 15 is 0 Å². The molecule has 0 aromatic heterocycles. The molecular weight excluding hydrogens is 451 g/mol. The number of carbonyl (C=O) groups excluding carboxylic acids is 2. The van der Waals surface area contributed by atoms with Gasteiger partial charge in [0.25, 0.3) is 11.7 Å². The maximum Gasteiger partial charge on any atom is 0.295 e. The summed E-state index contributed by atoms with van der Waals surface area (Å²) in [6.07, 6.45) is 0. The molecule has 1 N–H and O–H groups in total. The predicted octanol–water partition coefficient (Wildman–Crippen LogP) is 3.24. The van der Waals surface area contributed by atoms with Gasteiger partial charge < -0.3 is 19.5 Å². The molecule has 0 bridgehead atoms. The third kappa shape index (κ3) is 4.59. The van der Waals surface area contributed by atoms with Crippen LogP contribution in [0.5, 0.6) is 5.75 Å². The van der Waals surface area contributed by atoms with Crippen LogP contribution in [0.1, 0.15) is 17.2 Å². The number of rotatable bonds is 6. The largest absolute Gasteiger partial charge is 0.507 e. The van der Waals surface area contributed by atoms with Crippen molar-refractivity contribution in [2.24, 2.45) is 0 Å². The Morgan fingerprint density at radius 1 is 1.18 bits per heavy atom. The summed E-state index contributed by atoms with van der Waals surface area (Å²) < 4.78 is 25.3. The van der Waals surface area contributed by atoms with E-state index in [1.54, 1.807) is 12.1 Å². The summed E-state index contributed by atoms with van der Waals surface area (Å²) >= 11 is 6.19. The van der Waals surface area contributed by atoms with E-state index in [1.165, 1.54) is 42.3 Å². The van der Waals surface area contributed by atoms with E-state index in [1.807, 2.05) is 0 Å². The second kappa shape index (κ2) is 9.91. The van der Waals surface area contributed by atoms with Crippen molar-refractivity contribution in [1.82, 2.24) is 9.80 Å². The van der Waals surface area contributed by atoms with Gasteiger partial charge in [-0.15, -0.1) is 0 Å². The molecule has 1 amide bonds. The van der Waals surface area contributed by atoms with Crippen molar-refractivity contribution in [2.45, 2.75) is 6.04 Å². The Hall–Kier alpha value is -2.94. The number of ether oxygens (including phenoxy) is 2. The minimum absolute atomic E-state index is 0.139. The van der Waals surface area contributed by atoms with Crippen LogP contribution >= 0.6 is 11.6 Å². The number of carbonyl (C=O) groups is 2. The van der Waals surface area contributed by atoms with Crippen molar-refractivity contribution >= 4 is 29.1 Å².